The van der Waals surface area contributed by atoms with Crippen LogP contribution in [0.2, 0.25) is 0 Å². The number of methoxy groups -OCH3 is 1. The molecule has 2 aromatic rings. The van der Waals surface area contributed by atoms with Crippen LogP contribution in [-0.4, -0.2) is 76.4 Å². The number of carbonyl (C=O) groups excluding carboxylic acids is 1. The highest BCUT2D eigenvalue weighted by Gasteiger charge is 2.29. The second-order valence-electron chi connectivity index (χ2n) is 8.45. The zero-order valence-electron chi connectivity index (χ0n) is 18.7. The molecule has 1 fully saturated rings. The van der Waals surface area contributed by atoms with Gasteiger partial charge in [-0.05, 0) is 37.6 Å². The Hall–Kier alpha value is -2.29. The number of aromatic nitrogens is 3. The molecule has 1 unspecified atom stereocenters. The first kappa shape index (κ1) is 21.9. The van der Waals surface area contributed by atoms with Crippen LogP contribution in [0.1, 0.15) is 47.1 Å². The first-order valence-corrected chi connectivity index (χ1v) is 11.4. The highest BCUT2D eigenvalue weighted by atomic mass is 16.5. The van der Waals surface area contributed by atoms with Gasteiger partial charge in [-0.1, -0.05) is 13.0 Å². The number of nitrogens with zero attached hydrogens (tertiary/aromatic N) is 5. The smallest absolute Gasteiger partial charge is 0.272 e. The summed E-state index contributed by atoms with van der Waals surface area (Å²) < 4.78 is 7.24. The fourth-order valence-corrected chi connectivity index (χ4v) is 4.81. The molecule has 2 aliphatic heterocycles. The van der Waals surface area contributed by atoms with Crippen LogP contribution in [0.4, 0.5) is 0 Å². The van der Waals surface area contributed by atoms with E-state index in [1.165, 1.54) is 17.7 Å². The van der Waals surface area contributed by atoms with Gasteiger partial charge in [0.05, 0.1) is 13.2 Å². The van der Waals surface area contributed by atoms with E-state index in [0.717, 1.165) is 51.1 Å². The van der Waals surface area contributed by atoms with Crippen molar-refractivity contribution in [2.24, 2.45) is 0 Å². The minimum atomic E-state index is -0.0569. The second-order valence-corrected chi connectivity index (χ2v) is 8.45. The van der Waals surface area contributed by atoms with Crippen molar-refractivity contribution in [1.29, 1.82) is 0 Å². The average Bonchev–Trinajstić information content (AvgIpc) is 3.40. The Morgan fingerprint density at radius 3 is 3.03 bits per heavy atom. The number of likely N-dealkylation sites (tertiary alicyclic amines) is 1. The lowest BCUT2D eigenvalue weighted by Crippen LogP contribution is -2.40. The van der Waals surface area contributed by atoms with Gasteiger partial charge in [-0.3, -0.25) is 24.3 Å². The predicted octanol–water partition coefficient (Wildman–Crippen LogP) is 1.70. The standard InChI is InChI=1S/C23H34N6O2/c1-3-28-10-5-7-19(28)15-25-23(30)22-20-17-27(16-18-6-4-9-24-14-18)11-8-21(20)29(26-22)12-13-31-2/h4,6,9,14,19H,3,5,7-8,10-13,15-17H2,1-2H3,(H,25,30). The van der Waals surface area contributed by atoms with Crippen LogP contribution in [0.15, 0.2) is 24.5 Å². The van der Waals surface area contributed by atoms with E-state index in [1.807, 2.05) is 16.9 Å². The van der Waals surface area contributed by atoms with Crippen LogP contribution >= 0.6 is 0 Å². The SMILES string of the molecule is CCN1CCCC1CNC(=O)c1nn(CCOC)c2c1CN(Cc1cccnc1)CC2. The Morgan fingerprint density at radius 1 is 1.35 bits per heavy atom. The lowest BCUT2D eigenvalue weighted by molar-refractivity contribution is 0.0932. The molecule has 1 amide bonds. The van der Waals surface area contributed by atoms with Crippen molar-refractivity contribution in [3.63, 3.8) is 0 Å². The molecule has 4 heterocycles. The average molecular weight is 427 g/mol. The van der Waals surface area contributed by atoms with Crippen molar-refractivity contribution in [3.05, 3.63) is 47.0 Å². The van der Waals surface area contributed by atoms with Gasteiger partial charge in [0.1, 0.15) is 0 Å². The number of fused-ring (bicyclic) bond motifs is 1. The fraction of sp³-hybridized carbons (Fsp3) is 0.609. The first-order chi connectivity index (χ1) is 15.2. The van der Waals surface area contributed by atoms with E-state index in [9.17, 15) is 4.79 Å². The Bertz CT molecular complexity index is 868. The van der Waals surface area contributed by atoms with Gasteiger partial charge in [-0.2, -0.15) is 5.10 Å². The number of nitrogens with one attached hydrogen (secondary N) is 1. The molecule has 0 radical (unpaired) electrons. The minimum Gasteiger partial charge on any atom is -0.383 e. The van der Waals surface area contributed by atoms with Gasteiger partial charge in [0.15, 0.2) is 5.69 Å². The van der Waals surface area contributed by atoms with Crippen LogP contribution in [0.25, 0.3) is 0 Å². The first-order valence-electron chi connectivity index (χ1n) is 11.4. The van der Waals surface area contributed by atoms with Crippen LogP contribution in [0, 0.1) is 0 Å². The number of likely N-dealkylation sites (N-methyl/N-ethyl adjacent to an activating group) is 1. The maximum Gasteiger partial charge on any atom is 0.272 e. The van der Waals surface area contributed by atoms with Crippen molar-refractivity contribution in [3.8, 4) is 0 Å². The molecular weight excluding hydrogens is 392 g/mol. The summed E-state index contributed by atoms with van der Waals surface area (Å²) in [5.74, 6) is -0.0569. The summed E-state index contributed by atoms with van der Waals surface area (Å²) in [5.41, 5.74) is 3.98. The molecule has 4 rings (SSSR count). The molecule has 168 valence electrons. The summed E-state index contributed by atoms with van der Waals surface area (Å²) in [6.45, 7) is 8.77. The largest absolute Gasteiger partial charge is 0.383 e. The van der Waals surface area contributed by atoms with E-state index in [4.69, 9.17) is 9.84 Å². The van der Waals surface area contributed by atoms with Gasteiger partial charge in [0, 0.05) is 69.4 Å². The van der Waals surface area contributed by atoms with Gasteiger partial charge in [0.2, 0.25) is 0 Å². The zero-order chi connectivity index (χ0) is 21.6. The van der Waals surface area contributed by atoms with E-state index in [2.05, 4.69) is 33.1 Å². The number of pyridine rings is 1. The summed E-state index contributed by atoms with van der Waals surface area (Å²) >= 11 is 0. The third-order valence-corrected chi connectivity index (χ3v) is 6.47. The quantitative estimate of drug-likeness (QED) is 0.658. The van der Waals surface area contributed by atoms with E-state index in [0.29, 0.717) is 31.4 Å². The summed E-state index contributed by atoms with van der Waals surface area (Å²) in [4.78, 5) is 22.2. The van der Waals surface area contributed by atoms with E-state index < -0.39 is 0 Å². The Labute approximate surface area is 184 Å². The molecular formula is C23H34N6O2. The molecule has 1 saturated heterocycles. The lowest BCUT2D eigenvalue weighted by atomic mass is 10.0. The third kappa shape index (κ3) is 5.14. The zero-order valence-corrected chi connectivity index (χ0v) is 18.7. The van der Waals surface area contributed by atoms with Crippen LogP contribution in [0.5, 0.6) is 0 Å². The molecule has 8 nitrogen and oxygen atoms in total. The van der Waals surface area contributed by atoms with Crippen molar-refractivity contribution in [2.45, 2.75) is 51.9 Å². The second kappa shape index (κ2) is 10.3. The number of hydrogen-bond donors (Lipinski definition) is 1. The maximum atomic E-state index is 13.2. The fourth-order valence-electron chi connectivity index (χ4n) is 4.81. The van der Waals surface area contributed by atoms with Crippen molar-refractivity contribution < 1.29 is 9.53 Å². The molecule has 1 N–H and O–H groups in total. The number of ether oxygens (including phenoxy) is 1. The molecule has 0 saturated carbocycles. The number of amides is 1. The summed E-state index contributed by atoms with van der Waals surface area (Å²) in [5, 5.41) is 7.90. The Balaban J connectivity index is 1.49. The monoisotopic (exact) mass is 426 g/mol. The van der Waals surface area contributed by atoms with Crippen LogP contribution in [-0.2, 0) is 30.8 Å². The van der Waals surface area contributed by atoms with Crippen molar-refractivity contribution >= 4 is 5.91 Å². The molecule has 0 aromatic carbocycles. The summed E-state index contributed by atoms with van der Waals surface area (Å²) in [7, 11) is 1.69. The normalized spacial score (nSPS) is 19.5. The van der Waals surface area contributed by atoms with Gasteiger partial charge < -0.3 is 10.1 Å². The maximum absolute atomic E-state index is 13.2. The predicted molar refractivity (Wildman–Crippen MR) is 119 cm³/mol. The molecule has 8 heteroatoms. The van der Waals surface area contributed by atoms with Gasteiger partial charge >= 0.3 is 0 Å². The van der Waals surface area contributed by atoms with Gasteiger partial charge in [0.25, 0.3) is 5.91 Å². The molecule has 31 heavy (non-hydrogen) atoms. The lowest BCUT2D eigenvalue weighted by Gasteiger charge is -2.27. The molecule has 0 aliphatic carbocycles. The highest BCUT2D eigenvalue weighted by molar-refractivity contribution is 5.94. The molecule has 1 atom stereocenters. The minimum absolute atomic E-state index is 0.0569. The van der Waals surface area contributed by atoms with E-state index in [-0.39, 0.29) is 5.91 Å². The highest BCUT2D eigenvalue weighted by Crippen LogP contribution is 2.24. The van der Waals surface area contributed by atoms with E-state index >= 15 is 0 Å². The molecule has 2 aromatic heterocycles. The number of carbonyl (C=O) groups is 1. The molecule has 2 aliphatic rings. The third-order valence-electron chi connectivity index (χ3n) is 6.47. The Kier molecular flexibility index (Phi) is 7.32. The number of rotatable bonds is 9. The summed E-state index contributed by atoms with van der Waals surface area (Å²) in [6.07, 6.45) is 6.94. The van der Waals surface area contributed by atoms with Crippen molar-refractivity contribution in [1.82, 2.24) is 29.9 Å². The van der Waals surface area contributed by atoms with Crippen LogP contribution < -0.4 is 5.32 Å². The Morgan fingerprint density at radius 2 is 2.26 bits per heavy atom. The summed E-state index contributed by atoms with van der Waals surface area (Å²) in [6, 6.07) is 4.50. The number of hydrogen-bond acceptors (Lipinski definition) is 6. The van der Waals surface area contributed by atoms with Crippen LogP contribution in [0.3, 0.4) is 0 Å². The van der Waals surface area contributed by atoms with E-state index in [1.54, 1.807) is 13.3 Å². The molecule has 0 spiro atoms. The van der Waals surface area contributed by atoms with Gasteiger partial charge in [-0.15, -0.1) is 0 Å². The van der Waals surface area contributed by atoms with Crippen molar-refractivity contribution in [2.75, 3.05) is 39.9 Å². The molecule has 0 bridgehead atoms. The van der Waals surface area contributed by atoms with Gasteiger partial charge in [-0.25, -0.2) is 0 Å². The topological polar surface area (TPSA) is 75.5 Å².